The zero-order valence-electron chi connectivity index (χ0n) is 15.7. The van der Waals surface area contributed by atoms with Gasteiger partial charge in [-0.3, -0.25) is 9.59 Å². The molecule has 1 unspecified atom stereocenters. The summed E-state index contributed by atoms with van der Waals surface area (Å²) in [5, 5.41) is 13.2. The Bertz CT molecular complexity index is 592. The molecular weight excluding hydrogens is 322 g/mol. The van der Waals surface area contributed by atoms with Crippen molar-refractivity contribution in [3.8, 4) is 5.75 Å². The molecule has 0 spiro atoms. The molecule has 1 aromatic rings. The quantitative estimate of drug-likeness (QED) is 0.524. The Balaban J connectivity index is 2.62. The van der Waals surface area contributed by atoms with Gasteiger partial charge in [0, 0.05) is 24.1 Å². The number of carbonyl (C=O) groups excluding carboxylic acids is 2. The van der Waals surface area contributed by atoms with Crippen LogP contribution >= 0.6 is 0 Å². The lowest BCUT2D eigenvalue weighted by atomic mass is 10.0. The number of esters is 1. The van der Waals surface area contributed by atoms with Gasteiger partial charge in [-0.2, -0.15) is 0 Å². The van der Waals surface area contributed by atoms with E-state index in [0.717, 1.165) is 5.56 Å². The Morgan fingerprint density at radius 3 is 2.48 bits per heavy atom. The number of hydrogen-bond acceptors (Lipinski definition) is 6. The minimum absolute atomic E-state index is 0.0522. The maximum absolute atomic E-state index is 12.2. The molecule has 0 bridgehead atoms. The molecule has 0 saturated heterocycles. The van der Waals surface area contributed by atoms with E-state index in [9.17, 15) is 14.7 Å². The summed E-state index contributed by atoms with van der Waals surface area (Å²) in [6.45, 7) is 8.47. The van der Waals surface area contributed by atoms with E-state index in [4.69, 9.17) is 4.74 Å². The van der Waals surface area contributed by atoms with Gasteiger partial charge in [0.05, 0.1) is 13.5 Å². The molecule has 0 aromatic heterocycles. The number of aliphatic hydroxyl groups excluding tert-OH is 1. The zero-order chi connectivity index (χ0) is 19.0. The smallest absolute Gasteiger partial charge is 0.305 e. The monoisotopic (exact) mass is 351 g/mol. The van der Waals surface area contributed by atoms with Gasteiger partial charge in [-0.1, -0.05) is 0 Å². The minimum atomic E-state index is -0.654. The number of aryl methyl sites for hydroxylation is 1. The van der Waals surface area contributed by atoms with E-state index in [1.54, 1.807) is 18.2 Å². The molecule has 0 aliphatic carbocycles. The molecule has 1 aromatic carbocycles. The van der Waals surface area contributed by atoms with Crippen molar-refractivity contribution >= 4 is 11.8 Å². The number of β-amino-alcohol motifs (C(OH)–C–C–N with tert-alkyl or cyclic N) is 1. The maximum atomic E-state index is 12.2. The lowest BCUT2D eigenvalue weighted by Crippen LogP contribution is -2.42. The fourth-order valence-corrected chi connectivity index (χ4v) is 2.13. The number of carbonyl (C=O) groups is 2. The Morgan fingerprint density at radius 1 is 1.20 bits per heavy atom. The van der Waals surface area contributed by atoms with Crippen LogP contribution in [0.25, 0.3) is 0 Å². The number of hydrogen-bond donors (Lipinski definition) is 2. The molecular formula is C19H29NO5. The van der Waals surface area contributed by atoms with Crippen LogP contribution in [0.15, 0.2) is 18.2 Å². The first-order chi connectivity index (χ1) is 11.6. The highest BCUT2D eigenvalue weighted by molar-refractivity contribution is 5.98. The van der Waals surface area contributed by atoms with E-state index in [-0.39, 0.29) is 30.8 Å². The van der Waals surface area contributed by atoms with E-state index in [0.29, 0.717) is 17.9 Å². The first-order valence-corrected chi connectivity index (χ1v) is 8.38. The van der Waals surface area contributed by atoms with Crippen molar-refractivity contribution in [3.05, 3.63) is 29.3 Å². The Kier molecular flexibility index (Phi) is 8.06. The van der Waals surface area contributed by atoms with E-state index < -0.39 is 12.1 Å². The van der Waals surface area contributed by atoms with Crippen molar-refractivity contribution in [2.75, 3.05) is 20.3 Å². The van der Waals surface area contributed by atoms with Gasteiger partial charge in [-0.05, 0) is 51.5 Å². The van der Waals surface area contributed by atoms with Gasteiger partial charge < -0.3 is 19.9 Å². The van der Waals surface area contributed by atoms with E-state index in [1.165, 1.54) is 7.11 Å². The molecule has 6 heteroatoms. The maximum Gasteiger partial charge on any atom is 0.305 e. The second-order valence-corrected chi connectivity index (χ2v) is 7.13. The molecule has 0 amide bonds. The molecule has 1 rings (SSSR count). The van der Waals surface area contributed by atoms with Crippen molar-refractivity contribution in [2.45, 2.75) is 52.2 Å². The SMILES string of the molecule is COC(=O)CCC(=O)c1cc(C)cc(OCC(O)CNC(C)(C)C)c1. The van der Waals surface area contributed by atoms with Crippen LogP contribution in [0.5, 0.6) is 5.75 Å². The van der Waals surface area contributed by atoms with Crippen LogP contribution in [0, 0.1) is 6.92 Å². The third kappa shape index (κ3) is 8.65. The molecule has 0 saturated carbocycles. The minimum Gasteiger partial charge on any atom is -0.491 e. The number of ketones is 1. The molecule has 1 atom stereocenters. The zero-order valence-corrected chi connectivity index (χ0v) is 15.7. The number of nitrogens with one attached hydrogen (secondary N) is 1. The summed E-state index contributed by atoms with van der Waals surface area (Å²) in [6, 6.07) is 5.20. The predicted molar refractivity (Wildman–Crippen MR) is 96.0 cm³/mol. The van der Waals surface area contributed by atoms with Gasteiger partial charge >= 0.3 is 5.97 Å². The molecule has 25 heavy (non-hydrogen) atoms. The predicted octanol–water partition coefficient (Wildman–Crippen LogP) is 2.26. The number of ether oxygens (including phenoxy) is 2. The number of aliphatic hydroxyl groups is 1. The van der Waals surface area contributed by atoms with Crippen LogP contribution in [-0.2, 0) is 9.53 Å². The molecule has 0 aliphatic rings. The summed E-state index contributed by atoms with van der Waals surface area (Å²) in [7, 11) is 1.30. The van der Waals surface area contributed by atoms with Crippen molar-refractivity contribution in [1.29, 1.82) is 0 Å². The van der Waals surface area contributed by atoms with E-state index >= 15 is 0 Å². The first kappa shape index (κ1) is 21.1. The van der Waals surface area contributed by atoms with Crippen molar-refractivity contribution in [2.24, 2.45) is 0 Å². The highest BCUT2D eigenvalue weighted by Crippen LogP contribution is 2.19. The fourth-order valence-electron chi connectivity index (χ4n) is 2.13. The summed E-state index contributed by atoms with van der Waals surface area (Å²) >= 11 is 0. The van der Waals surface area contributed by atoms with Crippen LogP contribution < -0.4 is 10.1 Å². The Morgan fingerprint density at radius 2 is 1.88 bits per heavy atom. The highest BCUT2D eigenvalue weighted by Gasteiger charge is 2.14. The summed E-state index contributed by atoms with van der Waals surface area (Å²) in [4.78, 5) is 23.4. The molecule has 0 heterocycles. The molecule has 140 valence electrons. The molecule has 6 nitrogen and oxygen atoms in total. The molecule has 0 fully saturated rings. The van der Waals surface area contributed by atoms with E-state index in [2.05, 4.69) is 10.1 Å². The largest absolute Gasteiger partial charge is 0.491 e. The summed E-state index contributed by atoms with van der Waals surface area (Å²) < 4.78 is 10.2. The number of rotatable bonds is 9. The van der Waals surface area contributed by atoms with Crippen LogP contribution in [0.2, 0.25) is 0 Å². The average molecular weight is 351 g/mol. The van der Waals surface area contributed by atoms with Gasteiger partial charge in [0.15, 0.2) is 5.78 Å². The van der Waals surface area contributed by atoms with Gasteiger partial charge in [0.25, 0.3) is 0 Å². The number of benzene rings is 1. The Hall–Kier alpha value is -1.92. The summed E-state index contributed by atoms with van der Waals surface area (Å²) in [6.07, 6.45) is -0.511. The normalized spacial score (nSPS) is 12.6. The number of methoxy groups -OCH3 is 1. The lowest BCUT2D eigenvalue weighted by Gasteiger charge is -2.23. The highest BCUT2D eigenvalue weighted by atomic mass is 16.5. The van der Waals surface area contributed by atoms with Gasteiger partial charge in [0.1, 0.15) is 18.5 Å². The van der Waals surface area contributed by atoms with Crippen LogP contribution in [0.1, 0.15) is 49.5 Å². The molecule has 0 aliphatic heterocycles. The van der Waals surface area contributed by atoms with Crippen molar-refractivity contribution < 1.29 is 24.2 Å². The van der Waals surface area contributed by atoms with Crippen LogP contribution in [0.4, 0.5) is 0 Å². The van der Waals surface area contributed by atoms with Gasteiger partial charge in [0.2, 0.25) is 0 Å². The summed E-state index contributed by atoms with van der Waals surface area (Å²) in [5.41, 5.74) is 1.28. The van der Waals surface area contributed by atoms with Gasteiger partial charge in [-0.25, -0.2) is 0 Å². The third-order valence-corrected chi connectivity index (χ3v) is 3.47. The topological polar surface area (TPSA) is 84.9 Å². The molecule has 0 radical (unpaired) electrons. The van der Waals surface area contributed by atoms with Crippen LogP contribution in [-0.4, -0.2) is 48.8 Å². The lowest BCUT2D eigenvalue weighted by molar-refractivity contribution is -0.140. The fraction of sp³-hybridized carbons (Fsp3) is 0.579. The second-order valence-electron chi connectivity index (χ2n) is 7.13. The molecule has 2 N–H and O–H groups in total. The van der Waals surface area contributed by atoms with Gasteiger partial charge in [-0.15, -0.1) is 0 Å². The Labute approximate surface area is 149 Å². The average Bonchev–Trinajstić information content (AvgIpc) is 2.54. The van der Waals surface area contributed by atoms with E-state index in [1.807, 2.05) is 27.7 Å². The standard InChI is InChI=1S/C19H29NO5/c1-13-8-14(17(22)6-7-18(23)24-5)10-16(9-13)25-12-15(21)11-20-19(2,3)4/h8-10,15,20-21H,6-7,11-12H2,1-5H3. The third-order valence-electron chi connectivity index (χ3n) is 3.47. The summed E-state index contributed by atoms with van der Waals surface area (Å²) in [5.74, 6) is -0.0305. The number of Topliss-reactive ketones (excluding diaryl/α,β-unsaturated/α-hetero) is 1. The van der Waals surface area contributed by atoms with Crippen molar-refractivity contribution in [3.63, 3.8) is 0 Å². The first-order valence-electron chi connectivity index (χ1n) is 8.38. The van der Waals surface area contributed by atoms with Crippen molar-refractivity contribution in [1.82, 2.24) is 5.32 Å². The van der Waals surface area contributed by atoms with Crippen LogP contribution in [0.3, 0.4) is 0 Å². The second kappa shape index (κ2) is 9.53.